The van der Waals surface area contributed by atoms with Crippen LogP contribution in [0.15, 0.2) is 24.3 Å². The van der Waals surface area contributed by atoms with Crippen molar-refractivity contribution in [1.82, 2.24) is 4.90 Å². The maximum absolute atomic E-state index is 11.9. The Labute approximate surface area is 128 Å². The number of hydrogen-bond donors (Lipinski definition) is 2. The molecule has 0 aromatic heterocycles. The van der Waals surface area contributed by atoms with Crippen LogP contribution in [0.2, 0.25) is 0 Å². The van der Waals surface area contributed by atoms with Crippen molar-refractivity contribution >= 4 is 11.6 Å². The fourth-order valence-corrected chi connectivity index (χ4v) is 2.24. The predicted molar refractivity (Wildman–Crippen MR) is 87.5 cm³/mol. The minimum atomic E-state index is 0.0166. The molecule has 0 aliphatic rings. The minimum Gasteiger partial charge on any atom is -0.396 e. The number of rotatable bonds is 10. The molecular formula is C17H28N2O2. The molecule has 21 heavy (non-hydrogen) atoms. The molecule has 0 fully saturated rings. The van der Waals surface area contributed by atoms with Crippen molar-refractivity contribution in [3.05, 3.63) is 29.8 Å². The normalized spacial score (nSPS) is 10.9. The van der Waals surface area contributed by atoms with Gasteiger partial charge >= 0.3 is 0 Å². The van der Waals surface area contributed by atoms with Gasteiger partial charge in [-0.1, -0.05) is 25.5 Å². The topological polar surface area (TPSA) is 52.6 Å². The number of amides is 1. The summed E-state index contributed by atoms with van der Waals surface area (Å²) < 4.78 is 0. The molecule has 2 N–H and O–H groups in total. The summed E-state index contributed by atoms with van der Waals surface area (Å²) in [5, 5.41) is 11.6. The molecule has 1 aromatic carbocycles. The molecule has 0 atom stereocenters. The number of carbonyl (C=O) groups is 1. The number of carbonyl (C=O) groups excluding carboxylic acids is 1. The van der Waals surface area contributed by atoms with Crippen molar-refractivity contribution in [1.29, 1.82) is 0 Å². The zero-order chi connectivity index (χ0) is 15.5. The lowest BCUT2D eigenvalue weighted by atomic mass is 10.1. The highest BCUT2D eigenvalue weighted by molar-refractivity contribution is 5.92. The van der Waals surface area contributed by atoms with E-state index in [0.717, 1.165) is 44.3 Å². The summed E-state index contributed by atoms with van der Waals surface area (Å²) in [5.41, 5.74) is 2.16. The third-order valence-corrected chi connectivity index (χ3v) is 3.39. The average molecular weight is 292 g/mol. The Morgan fingerprint density at radius 1 is 1.19 bits per heavy atom. The van der Waals surface area contributed by atoms with Crippen LogP contribution in [0.3, 0.4) is 0 Å². The average Bonchev–Trinajstić information content (AvgIpc) is 2.46. The second-order valence-electron chi connectivity index (χ2n) is 5.52. The van der Waals surface area contributed by atoms with Gasteiger partial charge < -0.3 is 10.4 Å². The number of aliphatic hydroxyl groups is 1. The molecule has 1 aromatic rings. The summed E-state index contributed by atoms with van der Waals surface area (Å²) in [7, 11) is 1.95. The SMILES string of the molecule is CCCc1ccc(NC(=O)CN(C)CCCCCO)cc1. The minimum absolute atomic E-state index is 0.0166. The quantitative estimate of drug-likeness (QED) is 0.652. The highest BCUT2D eigenvalue weighted by Crippen LogP contribution is 2.11. The number of hydrogen-bond acceptors (Lipinski definition) is 3. The summed E-state index contributed by atoms with van der Waals surface area (Å²) in [5.74, 6) is 0.0166. The summed E-state index contributed by atoms with van der Waals surface area (Å²) in [6.07, 6.45) is 5.05. The van der Waals surface area contributed by atoms with Crippen LogP contribution in [0, 0.1) is 0 Å². The van der Waals surface area contributed by atoms with E-state index >= 15 is 0 Å². The zero-order valence-corrected chi connectivity index (χ0v) is 13.3. The molecule has 118 valence electrons. The van der Waals surface area contributed by atoms with E-state index in [1.165, 1.54) is 5.56 Å². The van der Waals surface area contributed by atoms with E-state index in [4.69, 9.17) is 5.11 Å². The second kappa shape index (κ2) is 10.4. The van der Waals surface area contributed by atoms with Gasteiger partial charge in [0.25, 0.3) is 0 Å². The third kappa shape index (κ3) is 7.83. The van der Waals surface area contributed by atoms with Crippen LogP contribution >= 0.6 is 0 Å². The fourth-order valence-electron chi connectivity index (χ4n) is 2.24. The van der Waals surface area contributed by atoms with Crippen LogP contribution in [-0.4, -0.2) is 42.7 Å². The smallest absolute Gasteiger partial charge is 0.238 e. The van der Waals surface area contributed by atoms with Crippen molar-refractivity contribution in [3.63, 3.8) is 0 Å². The van der Waals surface area contributed by atoms with Crippen molar-refractivity contribution in [2.24, 2.45) is 0 Å². The van der Waals surface area contributed by atoms with Gasteiger partial charge in [-0.25, -0.2) is 0 Å². The lowest BCUT2D eigenvalue weighted by molar-refractivity contribution is -0.117. The van der Waals surface area contributed by atoms with Gasteiger partial charge in [-0.05, 0) is 57.0 Å². The van der Waals surface area contributed by atoms with E-state index in [2.05, 4.69) is 24.4 Å². The van der Waals surface area contributed by atoms with E-state index in [9.17, 15) is 4.79 Å². The molecule has 0 saturated carbocycles. The number of aryl methyl sites for hydroxylation is 1. The van der Waals surface area contributed by atoms with E-state index < -0.39 is 0 Å². The Bertz CT molecular complexity index is 404. The van der Waals surface area contributed by atoms with Crippen molar-refractivity contribution in [3.8, 4) is 0 Å². The van der Waals surface area contributed by atoms with E-state index in [-0.39, 0.29) is 12.5 Å². The number of nitrogens with zero attached hydrogens (tertiary/aromatic N) is 1. The van der Waals surface area contributed by atoms with Crippen molar-refractivity contribution < 1.29 is 9.90 Å². The zero-order valence-electron chi connectivity index (χ0n) is 13.3. The first-order valence-corrected chi connectivity index (χ1v) is 7.84. The molecule has 0 aliphatic heterocycles. The van der Waals surface area contributed by atoms with Gasteiger partial charge in [-0.15, -0.1) is 0 Å². The number of aliphatic hydroxyl groups excluding tert-OH is 1. The molecule has 4 heteroatoms. The number of likely N-dealkylation sites (N-methyl/N-ethyl adjacent to an activating group) is 1. The van der Waals surface area contributed by atoms with E-state index in [0.29, 0.717) is 6.54 Å². The predicted octanol–water partition coefficient (Wildman–Crippen LogP) is 2.67. The van der Waals surface area contributed by atoms with Gasteiger partial charge in [0.2, 0.25) is 5.91 Å². The summed E-state index contributed by atoms with van der Waals surface area (Å²) in [6, 6.07) is 8.06. The summed E-state index contributed by atoms with van der Waals surface area (Å²) in [4.78, 5) is 13.9. The molecule has 0 bridgehead atoms. The highest BCUT2D eigenvalue weighted by atomic mass is 16.2. The van der Waals surface area contributed by atoms with Gasteiger partial charge in [-0.2, -0.15) is 0 Å². The van der Waals surface area contributed by atoms with E-state index in [1.54, 1.807) is 0 Å². The van der Waals surface area contributed by atoms with Gasteiger partial charge in [-0.3, -0.25) is 9.69 Å². The number of unbranched alkanes of at least 4 members (excludes halogenated alkanes) is 2. The van der Waals surface area contributed by atoms with Crippen LogP contribution in [0.1, 0.15) is 38.2 Å². The van der Waals surface area contributed by atoms with Crippen LogP contribution in [0.5, 0.6) is 0 Å². The maximum atomic E-state index is 11.9. The molecular weight excluding hydrogens is 264 g/mol. The molecule has 1 amide bonds. The van der Waals surface area contributed by atoms with Crippen LogP contribution in [0.25, 0.3) is 0 Å². The second-order valence-corrected chi connectivity index (χ2v) is 5.52. The van der Waals surface area contributed by atoms with Crippen LogP contribution < -0.4 is 5.32 Å². The first-order chi connectivity index (χ1) is 10.2. The molecule has 1 rings (SSSR count). The largest absolute Gasteiger partial charge is 0.396 e. The number of benzene rings is 1. The molecule has 0 aliphatic carbocycles. The summed E-state index contributed by atoms with van der Waals surface area (Å²) in [6.45, 7) is 3.68. The standard InChI is InChI=1S/C17H28N2O2/c1-3-7-15-8-10-16(11-9-15)18-17(21)14-19(2)12-5-4-6-13-20/h8-11,20H,3-7,12-14H2,1-2H3,(H,18,21). The van der Waals surface area contributed by atoms with Gasteiger partial charge in [0.1, 0.15) is 0 Å². The lowest BCUT2D eigenvalue weighted by Crippen LogP contribution is -2.30. The van der Waals surface area contributed by atoms with Gasteiger partial charge in [0.15, 0.2) is 0 Å². The molecule has 0 radical (unpaired) electrons. The molecule has 0 heterocycles. The van der Waals surface area contributed by atoms with E-state index in [1.807, 2.05) is 24.1 Å². The van der Waals surface area contributed by atoms with Crippen molar-refractivity contribution in [2.45, 2.75) is 39.0 Å². The maximum Gasteiger partial charge on any atom is 0.238 e. The number of nitrogens with one attached hydrogen (secondary N) is 1. The third-order valence-electron chi connectivity index (χ3n) is 3.39. The number of anilines is 1. The molecule has 0 spiro atoms. The van der Waals surface area contributed by atoms with Gasteiger partial charge in [0, 0.05) is 12.3 Å². The Kier molecular flexibility index (Phi) is 8.71. The Hall–Kier alpha value is -1.39. The monoisotopic (exact) mass is 292 g/mol. The first kappa shape index (κ1) is 17.7. The summed E-state index contributed by atoms with van der Waals surface area (Å²) >= 11 is 0. The first-order valence-electron chi connectivity index (χ1n) is 7.84. The Morgan fingerprint density at radius 3 is 2.52 bits per heavy atom. The fraction of sp³-hybridized carbons (Fsp3) is 0.588. The Morgan fingerprint density at radius 2 is 1.90 bits per heavy atom. The molecule has 0 unspecified atom stereocenters. The van der Waals surface area contributed by atoms with Crippen molar-refractivity contribution in [2.75, 3.05) is 32.1 Å². The Balaban J connectivity index is 2.28. The molecule has 0 saturated heterocycles. The van der Waals surface area contributed by atoms with Crippen LogP contribution in [-0.2, 0) is 11.2 Å². The van der Waals surface area contributed by atoms with Gasteiger partial charge in [0.05, 0.1) is 6.54 Å². The lowest BCUT2D eigenvalue weighted by Gasteiger charge is -2.16. The molecule has 4 nitrogen and oxygen atoms in total. The van der Waals surface area contributed by atoms with Crippen LogP contribution in [0.4, 0.5) is 5.69 Å². The highest BCUT2D eigenvalue weighted by Gasteiger charge is 2.06.